The first-order valence-electron chi connectivity index (χ1n) is 7.74. The average molecular weight is 322 g/mol. The lowest BCUT2D eigenvalue weighted by Gasteiger charge is -2.36. The molecule has 0 amide bonds. The Balaban J connectivity index is 1.70. The van der Waals surface area contributed by atoms with Crippen LogP contribution in [0.3, 0.4) is 0 Å². The van der Waals surface area contributed by atoms with Gasteiger partial charge in [-0.1, -0.05) is 30.3 Å². The molecule has 6 nitrogen and oxygen atoms in total. The van der Waals surface area contributed by atoms with Gasteiger partial charge in [-0.3, -0.25) is 4.79 Å². The predicted molar refractivity (Wildman–Crippen MR) is 80.4 cm³/mol. The van der Waals surface area contributed by atoms with Crippen LogP contribution in [0.2, 0.25) is 0 Å². The molecule has 1 aromatic carbocycles. The van der Waals surface area contributed by atoms with E-state index >= 15 is 0 Å². The largest absolute Gasteiger partial charge is 0.454 e. The highest BCUT2D eigenvalue weighted by Gasteiger charge is 2.53. The highest BCUT2D eigenvalue weighted by atomic mass is 16.8. The minimum atomic E-state index is -0.731. The minimum Gasteiger partial charge on any atom is -0.454 e. The van der Waals surface area contributed by atoms with Crippen LogP contribution in [0.4, 0.5) is 0 Å². The minimum absolute atomic E-state index is 0.272. The fraction of sp³-hybridized carbons (Fsp3) is 0.588. The van der Waals surface area contributed by atoms with Gasteiger partial charge in [-0.05, 0) is 19.4 Å². The second-order valence-electron chi connectivity index (χ2n) is 6.21. The van der Waals surface area contributed by atoms with Gasteiger partial charge in [0.25, 0.3) is 0 Å². The molecule has 2 fully saturated rings. The number of esters is 1. The van der Waals surface area contributed by atoms with Crippen molar-refractivity contribution in [3.05, 3.63) is 35.9 Å². The Morgan fingerprint density at radius 2 is 2.00 bits per heavy atom. The Labute approximate surface area is 135 Å². The van der Waals surface area contributed by atoms with Crippen LogP contribution in [0.15, 0.2) is 30.3 Å². The number of hydrogen-bond acceptors (Lipinski definition) is 6. The van der Waals surface area contributed by atoms with Crippen molar-refractivity contribution in [1.82, 2.24) is 0 Å². The third-order valence-corrected chi connectivity index (χ3v) is 3.80. The van der Waals surface area contributed by atoms with Crippen molar-refractivity contribution in [2.45, 2.75) is 57.8 Å². The summed E-state index contributed by atoms with van der Waals surface area (Å²) in [6.45, 7) is 5.72. The second-order valence-corrected chi connectivity index (χ2v) is 6.21. The zero-order chi connectivity index (χ0) is 16.4. The van der Waals surface area contributed by atoms with Crippen LogP contribution in [0.25, 0.3) is 0 Å². The SMILES string of the molecule is CC(=O)O[C@H]1[C@@H](OCc2ccccc2)OC[C@@H]2OC(C)(C)O[C@H]12. The van der Waals surface area contributed by atoms with E-state index in [2.05, 4.69) is 0 Å². The van der Waals surface area contributed by atoms with Crippen LogP contribution in [-0.2, 0) is 35.1 Å². The van der Waals surface area contributed by atoms with Crippen LogP contribution < -0.4 is 0 Å². The van der Waals surface area contributed by atoms with Crippen LogP contribution in [0, 0.1) is 0 Å². The van der Waals surface area contributed by atoms with Gasteiger partial charge in [0.05, 0.1) is 13.2 Å². The fourth-order valence-corrected chi connectivity index (χ4v) is 2.92. The van der Waals surface area contributed by atoms with Crippen molar-refractivity contribution in [2.75, 3.05) is 6.61 Å². The average Bonchev–Trinajstić information content (AvgIpc) is 2.82. The first-order chi connectivity index (χ1) is 10.9. The van der Waals surface area contributed by atoms with Crippen molar-refractivity contribution in [3.8, 4) is 0 Å². The first-order valence-corrected chi connectivity index (χ1v) is 7.74. The van der Waals surface area contributed by atoms with Gasteiger partial charge < -0.3 is 23.7 Å². The molecule has 2 saturated heterocycles. The lowest BCUT2D eigenvalue weighted by Crippen LogP contribution is -2.54. The zero-order valence-electron chi connectivity index (χ0n) is 13.6. The Morgan fingerprint density at radius 3 is 2.70 bits per heavy atom. The molecule has 2 aliphatic rings. The normalized spacial score (nSPS) is 32.3. The Hall–Kier alpha value is -1.47. The van der Waals surface area contributed by atoms with Crippen molar-refractivity contribution < 1.29 is 28.5 Å². The molecule has 0 aromatic heterocycles. The molecular formula is C17H22O6. The van der Waals surface area contributed by atoms with Gasteiger partial charge in [0.15, 0.2) is 18.2 Å². The molecule has 4 atom stereocenters. The number of fused-ring (bicyclic) bond motifs is 1. The van der Waals surface area contributed by atoms with Gasteiger partial charge in [0.1, 0.15) is 12.2 Å². The molecule has 1 aromatic rings. The van der Waals surface area contributed by atoms with Crippen LogP contribution in [0.5, 0.6) is 0 Å². The quantitative estimate of drug-likeness (QED) is 0.790. The molecule has 3 rings (SSSR count). The summed E-state index contributed by atoms with van der Waals surface area (Å²) in [5.74, 6) is -1.13. The van der Waals surface area contributed by atoms with E-state index in [1.807, 2.05) is 44.2 Å². The molecule has 0 spiro atoms. The molecule has 0 N–H and O–H groups in total. The fourth-order valence-electron chi connectivity index (χ4n) is 2.92. The highest BCUT2D eigenvalue weighted by molar-refractivity contribution is 5.66. The lowest BCUT2D eigenvalue weighted by atomic mass is 10.1. The topological polar surface area (TPSA) is 63.2 Å². The number of ether oxygens (including phenoxy) is 5. The van der Waals surface area contributed by atoms with Crippen LogP contribution in [-0.4, -0.2) is 43.0 Å². The molecule has 6 heteroatoms. The number of rotatable bonds is 4. The van der Waals surface area contributed by atoms with Crippen LogP contribution >= 0.6 is 0 Å². The van der Waals surface area contributed by atoms with Crippen molar-refractivity contribution in [2.24, 2.45) is 0 Å². The third kappa shape index (κ3) is 3.90. The summed E-state index contributed by atoms with van der Waals surface area (Å²) in [6.07, 6.45) is -2.01. The first kappa shape index (κ1) is 16.4. The molecular weight excluding hydrogens is 300 g/mol. The highest BCUT2D eigenvalue weighted by Crippen LogP contribution is 2.36. The smallest absolute Gasteiger partial charge is 0.303 e. The molecule has 0 aliphatic carbocycles. The summed E-state index contributed by atoms with van der Waals surface area (Å²) >= 11 is 0. The Morgan fingerprint density at radius 1 is 1.26 bits per heavy atom. The molecule has 126 valence electrons. The molecule has 0 unspecified atom stereocenters. The van der Waals surface area contributed by atoms with Crippen molar-refractivity contribution in [1.29, 1.82) is 0 Å². The summed E-state index contributed by atoms with van der Waals surface area (Å²) in [5.41, 5.74) is 1.02. The number of carbonyl (C=O) groups is 1. The molecule has 2 aliphatic heterocycles. The van der Waals surface area contributed by atoms with E-state index in [1.165, 1.54) is 6.92 Å². The second kappa shape index (κ2) is 6.57. The molecule has 2 heterocycles. The van der Waals surface area contributed by atoms with E-state index in [-0.39, 0.29) is 6.10 Å². The molecule has 0 saturated carbocycles. The van der Waals surface area contributed by atoms with Gasteiger partial charge in [0, 0.05) is 6.92 Å². The van der Waals surface area contributed by atoms with E-state index < -0.39 is 30.3 Å². The summed E-state index contributed by atoms with van der Waals surface area (Å²) < 4.78 is 28.6. The van der Waals surface area contributed by atoms with Crippen molar-refractivity contribution in [3.63, 3.8) is 0 Å². The molecule has 23 heavy (non-hydrogen) atoms. The van der Waals surface area contributed by atoms with Gasteiger partial charge in [-0.15, -0.1) is 0 Å². The van der Waals surface area contributed by atoms with Crippen molar-refractivity contribution >= 4 is 5.97 Å². The van der Waals surface area contributed by atoms with Gasteiger partial charge in [-0.25, -0.2) is 0 Å². The Bertz CT molecular complexity index is 543. The van der Waals surface area contributed by atoms with Crippen LogP contribution in [0.1, 0.15) is 26.3 Å². The summed E-state index contributed by atoms with van der Waals surface area (Å²) in [4.78, 5) is 11.5. The number of carbonyl (C=O) groups excluding carboxylic acids is 1. The predicted octanol–water partition coefficient (Wildman–Crippen LogP) is 2.01. The molecule has 0 bridgehead atoms. The maximum Gasteiger partial charge on any atom is 0.303 e. The van der Waals surface area contributed by atoms with Gasteiger partial charge >= 0.3 is 5.97 Å². The maximum atomic E-state index is 11.5. The summed E-state index contributed by atoms with van der Waals surface area (Å²) in [6, 6.07) is 9.75. The van der Waals surface area contributed by atoms with E-state index in [0.717, 1.165) is 5.56 Å². The Kier molecular flexibility index (Phi) is 4.68. The lowest BCUT2D eigenvalue weighted by molar-refractivity contribution is -0.262. The van der Waals surface area contributed by atoms with E-state index in [9.17, 15) is 4.79 Å². The van der Waals surface area contributed by atoms with Gasteiger partial charge in [-0.2, -0.15) is 0 Å². The van der Waals surface area contributed by atoms with E-state index in [1.54, 1.807) is 0 Å². The number of hydrogen-bond donors (Lipinski definition) is 0. The van der Waals surface area contributed by atoms with Gasteiger partial charge in [0.2, 0.25) is 0 Å². The monoisotopic (exact) mass is 322 g/mol. The number of benzene rings is 1. The maximum absolute atomic E-state index is 11.5. The third-order valence-electron chi connectivity index (χ3n) is 3.80. The van der Waals surface area contributed by atoms with E-state index in [0.29, 0.717) is 13.2 Å². The van der Waals surface area contributed by atoms with E-state index in [4.69, 9.17) is 23.7 Å². The standard InChI is InChI=1S/C17H22O6/c1-11(18)21-15-14-13(22-17(2,3)23-14)10-20-16(15)19-9-12-7-5-4-6-8-12/h4-8,13-16H,9-10H2,1-3H3/t13-,14-,15+,16-/m0/s1. The zero-order valence-corrected chi connectivity index (χ0v) is 13.6. The summed E-state index contributed by atoms with van der Waals surface area (Å²) in [7, 11) is 0. The molecule has 0 radical (unpaired) electrons. The summed E-state index contributed by atoms with van der Waals surface area (Å²) in [5, 5.41) is 0.